The Labute approximate surface area is 255 Å². The summed E-state index contributed by atoms with van der Waals surface area (Å²) in [7, 11) is 0. The van der Waals surface area contributed by atoms with E-state index >= 15 is 0 Å². The van der Waals surface area contributed by atoms with Gasteiger partial charge in [-0.3, -0.25) is 9.78 Å². The molecule has 1 heterocycles. The van der Waals surface area contributed by atoms with E-state index in [0.29, 0.717) is 5.75 Å². The minimum absolute atomic E-state index is 0.129. The molecule has 3 rings (SSSR count). The average molecular weight is 575 g/mol. The number of carbonyl (C=O) groups excluding carboxylic acids is 1. The number of benzene rings is 1. The van der Waals surface area contributed by atoms with E-state index in [-0.39, 0.29) is 17.3 Å². The average Bonchev–Trinajstić information content (AvgIpc) is 3.03. The zero-order valence-corrected chi connectivity index (χ0v) is 26.4. The molecule has 0 radical (unpaired) electrons. The Morgan fingerprint density at radius 3 is 1.95 bits per heavy atom. The molecule has 0 aliphatic heterocycles. The summed E-state index contributed by atoms with van der Waals surface area (Å²) in [5.41, 5.74) is 1.57. The largest absolute Gasteiger partial charge is 0.492 e. The van der Waals surface area contributed by atoms with Crippen LogP contribution in [0.4, 0.5) is 0 Å². The predicted octanol–water partition coefficient (Wildman–Crippen LogP) is 10.6. The number of nitriles is 1. The van der Waals surface area contributed by atoms with Gasteiger partial charge in [-0.2, -0.15) is 5.26 Å². The van der Waals surface area contributed by atoms with Crippen molar-refractivity contribution < 1.29 is 14.3 Å². The number of pyridine rings is 1. The molecule has 0 atom stereocenters. The van der Waals surface area contributed by atoms with Gasteiger partial charge < -0.3 is 9.47 Å². The van der Waals surface area contributed by atoms with Crippen LogP contribution >= 0.6 is 0 Å². The van der Waals surface area contributed by atoms with Crippen LogP contribution in [0, 0.1) is 22.7 Å². The van der Waals surface area contributed by atoms with Crippen LogP contribution in [0.15, 0.2) is 42.6 Å². The first-order valence-electron chi connectivity index (χ1n) is 16.9. The smallest absolute Gasteiger partial charge is 0.314 e. The van der Waals surface area contributed by atoms with Gasteiger partial charge in [0, 0.05) is 5.56 Å². The van der Waals surface area contributed by atoms with E-state index in [1.165, 1.54) is 77.0 Å². The quantitative estimate of drug-likeness (QED) is 0.0893. The minimum Gasteiger partial charge on any atom is -0.492 e. The van der Waals surface area contributed by atoms with Crippen LogP contribution in [0.25, 0.3) is 11.3 Å². The number of esters is 1. The first kappa shape index (κ1) is 33.6. The summed E-state index contributed by atoms with van der Waals surface area (Å²) in [6.45, 7) is 5.22. The van der Waals surface area contributed by atoms with Crippen LogP contribution in [0.5, 0.6) is 11.5 Å². The summed E-state index contributed by atoms with van der Waals surface area (Å²) in [5, 5.41) is 9.92. The molecule has 5 heteroatoms. The molecule has 0 spiro atoms. The molecule has 2 aromatic rings. The second kappa shape index (κ2) is 19.3. The molecule has 1 aliphatic rings. The Hall–Kier alpha value is -2.87. The topological polar surface area (TPSA) is 72.2 Å². The summed E-state index contributed by atoms with van der Waals surface area (Å²) in [6, 6.07) is 14.1. The van der Waals surface area contributed by atoms with E-state index in [9.17, 15) is 10.1 Å². The van der Waals surface area contributed by atoms with Crippen molar-refractivity contribution in [2.75, 3.05) is 6.61 Å². The van der Waals surface area contributed by atoms with Crippen LogP contribution in [-0.2, 0) is 4.79 Å². The summed E-state index contributed by atoms with van der Waals surface area (Å²) in [5.74, 6) is 1.05. The zero-order valence-electron chi connectivity index (χ0n) is 26.4. The lowest BCUT2D eigenvalue weighted by atomic mass is 9.69. The SMILES string of the molecule is CCCCCCCCCOc1ccc(-c2ccc(OC(=O)C3CCC(C#N)(CCCCCCCCC)CC3)cc2)nc1. The number of hydrogen-bond donors (Lipinski definition) is 0. The summed E-state index contributed by atoms with van der Waals surface area (Å²) >= 11 is 0. The van der Waals surface area contributed by atoms with Crippen molar-refractivity contribution in [2.45, 2.75) is 136 Å². The highest BCUT2D eigenvalue weighted by Crippen LogP contribution is 2.43. The van der Waals surface area contributed by atoms with E-state index in [2.05, 4.69) is 24.9 Å². The van der Waals surface area contributed by atoms with Crippen LogP contribution in [-0.4, -0.2) is 17.6 Å². The van der Waals surface area contributed by atoms with Crippen molar-refractivity contribution in [2.24, 2.45) is 11.3 Å². The first-order chi connectivity index (χ1) is 20.6. The van der Waals surface area contributed by atoms with Gasteiger partial charge in [0.1, 0.15) is 11.5 Å². The number of carbonyl (C=O) groups is 1. The van der Waals surface area contributed by atoms with Crippen molar-refractivity contribution in [1.82, 2.24) is 4.98 Å². The highest BCUT2D eigenvalue weighted by molar-refractivity contribution is 5.75. The number of hydrogen-bond acceptors (Lipinski definition) is 5. The van der Waals surface area contributed by atoms with E-state index in [0.717, 1.165) is 68.6 Å². The van der Waals surface area contributed by atoms with Crippen LogP contribution in [0.1, 0.15) is 136 Å². The number of aromatic nitrogens is 1. The van der Waals surface area contributed by atoms with Crippen molar-refractivity contribution in [3.63, 3.8) is 0 Å². The van der Waals surface area contributed by atoms with E-state index in [1.54, 1.807) is 6.20 Å². The molecule has 1 aromatic carbocycles. The van der Waals surface area contributed by atoms with Crippen LogP contribution < -0.4 is 9.47 Å². The molecule has 1 aliphatic carbocycles. The molecule has 1 aromatic heterocycles. The van der Waals surface area contributed by atoms with Gasteiger partial charge in [-0.1, -0.05) is 97.3 Å². The molecule has 1 saturated carbocycles. The highest BCUT2D eigenvalue weighted by Gasteiger charge is 2.38. The van der Waals surface area contributed by atoms with Gasteiger partial charge in [0.25, 0.3) is 0 Å². The molecular formula is C37H54N2O3. The zero-order chi connectivity index (χ0) is 29.9. The van der Waals surface area contributed by atoms with Gasteiger partial charge in [-0.25, -0.2) is 0 Å². The lowest BCUT2D eigenvalue weighted by Gasteiger charge is -2.34. The van der Waals surface area contributed by atoms with Gasteiger partial charge >= 0.3 is 5.97 Å². The second-order valence-electron chi connectivity index (χ2n) is 12.3. The normalized spacial score (nSPS) is 18.4. The molecule has 0 bridgehead atoms. The Morgan fingerprint density at radius 1 is 0.810 bits per heavy atom. The van der Waals surface area contributed by atoms with Gasteiger partial charge in [-0.05, 0) is 74.9 Å². The fourth-order valence-electron chi connectivity index (χ4n) is 6.02. The Kier molecular flexibility index (Phi) is 15.5. The number of ether oxygens (including phenoxy) is 2. The second-order valence-corrected chi connectivity index (χ2v) is 12.3. The maximum atomic E-state index is 12.9. The molecule has 230 valence electrons. The Balaban J connectivity index is 1.36. The fraction of sp³-hybridized carbons (Fsp3) is 0.649. The minimum atomic E-state index is -0.261. The van der Waals surface area contributed by atoms with Crippen molar-refractivity contribution in [1.29, 1.82) is 5.26 Å². The molecule has 42 heavy (non-hydrogen) atoms. The van der Waals surface area contributed by atoms with Crippen molar-refractivity contribution in [3.8, 4) is 28.8 Å². The standard InChI is InChI=1S/C37H54N2O3/c1-3-5-7-9-11-13-15-25-37(30-38)26-23-32(24-27-37)36(40)42-33-19-17-31(18-20-33)35-22-21-34(29-39-35)41-28-16-14-12-10-8-6-4-2/h17-22,29,32H,3-16,23-28H2,1-2H3. The fourth-order valence-corrected chi connectivity index (χ4v) is 6.02. The summed E-state index contributed by atoms with van der Waals surface area (Å²) in [4.78, 5) is 17.5. The summed E-state index contributed by atoms with van der Waals surface area (Å²) in [6.07, 6.45) is 23.5. The molecule has 0 N–H and O–H groups in total. The monoisotopic (exact) mass is 574 g/mol. The third-order valence-corrected chi connectivity index (χ3v) is 8.89. The molecular weight excluding hydrogens is 520 g/mol. The lowest BCUT2D eigenvalue weighted by Crippen LogP contribution is -2.31. The van der Waals surface area contributed by atoms with Gasteiger partial charge in [0.05, 0.1) is 35.9 Å². The van der Waals surface area contributed by atoms with E-state index < -0.39 is 0 Å². The predicted molar refractivity (Wildman–Crippen MR) is 171 cm³/mol. The van der Waals surface area contributed by atoms with E-state index in [4.69, 9.17) is 9.47 Å². The molecule has 0 saturated heterocycles. The first-order valence-corrected chi connectivity index (χ1v) is 16.9. The van der Waals surface area contributed by atoms with Crippen LogP contribution in [0.2, 0.25) is 0 Å². The Bertz CT molecular complexity index is 1050. The maximum absolute atomic E-state index is 12.9. The van der Waals surface area contributed by atoms with E-state index in [1.807, 2.05) is 36.4 Å². The number of rotatable bonds is 20. The Morgan fingerprint density at radius 2 is 1.38 bits per heavy atom. The molecule has 0 unspecified atom stereocenters. The third-order valence-electron chi connectivity index (χ3n) is 8.89. The lowest BCUT2D eigenvalue weighted by molar-refractivity contribution is -0.140. The van der Waals surface area contributed by atoms with Gasteiger partial charge in [0.2, 0.25) is 0 Å². The number of nitrogens with zero attached hydrogens (tertiary/aromatic N) is 2. The van der Waals surface area contributed by atoms with Crippen LogP contribution in [0.3, 0.4) is 0 Å². The number of unbranched alkanes of at least 4 members (excludes halogenated alkanes) is 12. The van der Waals surface area contributed by atoms with Crippen molar-refractivity contribution in [3.05, 3.63) is 42.6 Å². The van der Waals surface area contributed by atoms with Gasteiger partial charge in [0.15, 0.2) is 0 Å². The molecule has 0 amide bonds. The maximum Gasteiger partial charge on any atom is 0.314 e. The highest BCUT2D eigenvalue weighted by atomic mass is 16.5. The summed E-state index contributed by atoms with van der Waals surface area (Å²) < 4.78 is 11.6. The van der Waals surface area contributed by atoms with Crippen molar-refractivity contribution >= 4 is 5.97 Å². The molecule has 1 fully saturated rings. The third kappa shape index (κ3) is 11.8. The molecule has 5 nitrogen and oxygen atoms in total. The van der Waals surface area contributed by atoms with Gasteiger partial charge in [-0.15, -0.1) is 0 Å².